The second-order valence-corrected chi connectivity index (χ2v) is 6.20. The number of rotatable bonds is 7. The molecule has 0 unspecified atom stereocenters. The van der Waals surface area contributed by atoms with Crippen LogP contribution in [-0.4, -0.2) is 46.8 Å². The van der Waals surface area contributed by atoms with Gasteiger partial charge >= 0.3 is 11.9 Å². The normalized spacial score (nSPS) is 10.4. The van der Waals surface area contributed by atoms with Crippen LogP contribution >= 0.6 is 15.9 Å². The average molecular weight is 456 g/mol. The van der Waals surface area contributed by atoms with Crippen LogP contribution in [0.25, 0.3) is 11.1 Å². The number of carboxylic acids is 2. The van der Waals surface area contributed by atoms with Crippen molar-refractivity contribution < 1.29 is 34.1 Å². The van der Waals surface area contributed by atoms with Gasteiger partial charge in [-0.05, 0) is 12.1 Å². The summed E-state index contributed by atoms with van der Waals surface area (Å²) in [5, 5.41) is 19.0. The highest BCUT2D eigenvalue weighted by Crippen LogP contribution is 2.41. The number of aromatic amines is 1. The first-order valence-corrected chi connectivity index (χ1v) is 8.19. The van der Waals surface area contributed by atoms with Crippen LogP contribution < -0.4 is 26.5 Å². The Kier molecular flexibility index (Phi) is 5.93. The minimum absolute atomic E-state index is 0.00382. The molecule has 11 nitrogen and oxygen atoms in total. The standard InChI is InChI=1S/C16H14BrN3O8/c1-27-7-2-5(6(17)3-8(7)28-4-9(18)21)10-11(15(23)24)13(19)20-14(22)12(10)16(25)26/h2-3H,4H2,1H3,(H2,18,21)(H,23,24)(H,25,26)(H3,19,20,22). The Balaban J connectivity index is 2.87. The van der Waals surface area contributed by atoms with Gasteiger partial charge in [0.05, 0.1) is 7.11 Å². The molecule has 0 aliphatic carbocycles. The van der Waals surface area contributed by atoms with E-state index in [0.717, 1.165) is 0 Å². The fraction of sp³-hybridized carbons (Fsp3) is 0.125. The Hall–Kier alpha value is -3.54. The quantitative estimate of drug-likeness (QED) is 0.398. The zero-order valence-corrected chi connectivity index (χ0v) is 15.8. The number of H-pyrrole nitrogens is 1. The van der Waals surface area contributed by atoms with E-state index in [1.54, 1.807) is 0 Å². The molecule has 0 aliphatic rings. The molecule has 0 bridgehead atoms. The Bertz CT molecular complexity index is 1050. The maximum Gasteiger partial charge on any atom is 0.342 e. The van der Waals surface area contributed by atoms with Crippen molar-refractivity contribution in [2.24, 2.45) is 5.73 Å². The van der Waals surface area contributed by atoms with Crippen LogP contribution in [0.4, 0.5) is 5.82 Å². The van der Waals surface area contributed by atoms with E-state index in [1.165, 1.54) is 19.2 Å². The Morgan fingerprint density at radius 3 is 2.25 bits per heavy atom. The van der Waals surface area contributed by atoms with Crippen molar-refractivity contribution in [3.8, 4) is 22.6 Å². The lowest BCUT2D eigenvalue weighted by Gasteiger charge is -2.16. The smallest absolute Gasteiger partial charge is 0.342 e. The average Bonchev–Trinajstić information content (AvgIpc) is 2.58. The number of carbonyl (C=O) groups is 3. The number of aromatic nitrogens is 1. The predicted molar refractivity (Wildman–Crippen MR) is 99.8 cm³/mol. The lowest BCUT2D eigenvalue weighted by atomic mass is 9.95. The number of aromatic carboxylic acids is 2. The van der Waals surface area contributed by atoms with E-state index in [9.17, 15) is 29.4 Å². The van der Waals surface area contributed by atoms with Gasteiger partial charge in [-0.1, -0.05) is 15.9 Å². The number of carbonyl (C=O) groups excluding carboxylic acids is 1. The fourth-order valence-corrected chi connectivity index (χ4v) is 2.98. The van der Waals surface area contributed by atoms with Gasteiger partial charge in [0.1, 0.15) is 16.9 Å². The van der Waals surface area contributed by atoms with Crippen LogP contribution in [0.3, 0.4) is 0 Å². The molecule has 0 radical (unpaired) electrons. The van der Waals surface area contributed by atoms with Gasteiger partial charge in [0.25, 0.3) is 11.5 Å². The molecule has 0 aliphatic heterocycles. The highest BCUT2D eigenvalue weighted by atomic mass is 79.9. The Morgan fingerprint density at radius 2 is 1.75 bits per heavy atom. The van der Waals surface area contributed by atoms with E-state index in [2.05, 4.69) is 15.9 Å². The molecule has 12 heteroatoms. The second-order valence-electron chi connectivity index (χ2n) is 5.34. The summed E-state index contributed by atoms with van der Waals surface area (Å²) in [6, 6.07) is 2.55. The molecule has 0 saturated heterocycles. The van der Waals surface area contributed by atoms with Crippen molar-refractivity contribution in [2.45, 2.75) is 0 Å². The molecule has 7 N–H and O–H groups in total. The lowest BCUT2D eigenvalue weighted by molar-refractivity contribution is -0.119. The lowest BCUT2D eigenvalue weighted by Crippen LogP contribution is -2.24. The highest BCUT2D eigenvalue weighted by Gasteiger charge is 2.28. The number of pyridine rings is 1. The molecule has 1 amide bonds. The monoisotopic (exact) mass is 455 g/mol. The van der Waals surface area contributed by atoms with E-state index in [1.807, 2.05) is 4.98 Å². The molecule has 0 saturated carbocycles. The first kappa shape index (κ1) is 20.8. The number of anilines is 1. The van der Waals surface area contributed by atoms with Gasteiger partial charge < -0.3 is 36.1 Å². The highest BCUT2D eigenvalue weighted by molar-refractivity contribution is 9.10. The van der Waals surface area contributed by atoms with Gasteiger partial charge in [-0.15, -0.1) is 0 Å². The summed E-state index contributed by atoms with van der Waals surface area (Å²) in [5.41, 5.74) is 7.71. The number of nitrogen functional groups attached to an aromatic ring is 1. The first-order chi connectivity index (χ1) is 13.1. The van der Waals surface area contributed by atoms with Crippen LogP contribution in [0.2, 0.25) is 0 Å². The van der Waals surface area contributed by atoms with Crippen LogP contribution in [0.15, 0.2) is 21.4 Å². The van der Waals surface area contributed by atoms with Crippen molar-refractivity contribution in [1.29, 1.82) is 0 Å². The van der Waals surface area contributed by atoms with Gasteiger partial charge in [-0.25, -0.2) is 9.59 Å². The molecule has 0 fully saturated rings. The molecule has 2 rings (SSSR count). The fourth-order valence-electron chi connectivity index (χ4n) is 2.46. The summed E-state index contributed by atoms with van der Waals surface area (Å²) >= 11 is 3.18. The Morgan fingerprint density at radius 1 is 1.14 bits per heavy atom. The summed E-state index contributed by atoms with van der Waals surface area (Å²) in [7, 11) is 1.27. The van der Waals surface area contributed by atoms with Gasteiger partial charge in [-0.2, -0.15) is 0 Å². The van der Waals surface area contributed by atoms with Gasteiger partial charge in [0, 0.05) is 15.6 Å². The van der Waals surface area contributed by atoms with Gasteiger partial charge in [0.2, 0.25) is 0 Å². The minimum Gasteiger partial charge on any atom is -0.493 e. The minimum atomic E-state index is -1.65. The number of ether oxygens (including phenoxy) is 2. The number of primary amides is 1. The summed E-state index contributed by atoms with van der Waals surface area (Å²) in [6.07, 6.45) is 0. The van der Waals surface area contributed by atoms with Crippen LogP contribution in [-0.2, 0) is 4.79 Å². The topological polar surface area (TPSA) is 195 Å². The number of benzene rings is 1. The third-order valence-corrected chi connectivity index (χ3v) is 4.22. The van der Waals surface area contributed by atoms with Crippen molar-refractivity contribution in [2.75, 3.05) is 19.5 Å². The maximum atomic E-state index is 12.1. The molecule has 1 aromatic heterocycles. The zero-order chi connectivity index (χ0) is 21.2. The second kappa shape index (κ2) is 8.00. The molecule has 1 heterocycles. The number of hydrogen-bond acceptors (Lipinski definition) is 7. The first-order valence-electron chi connectivity index (χ1n) is 7.39. The molecule has 148 valence electrons. The number of nitrogens with one attached hydrogen (secondary N) is 1. The van der Waals surface area contributed by atoms with E-state index < -0.39 is 52.5 Å². The summed E-state index contributed by atoms with van der Waals surface area (Å²) in [5.74, 6) is -4.36. The number of methoxy groups -OCH3 is 1. The molecule has 0 atom stereocenters. The van der Waals surface area contributed by atoms with Crippen LogP contribution in [0.5, 0.6) is 11.5 Å². The molecular weight excluding hydrogens is 442 g/mol. The van der Waals surface area contributed by atoms with Crippen molar-refractivity contribution in [1.82, 2.24) is 4.98 Å². The third kappa shape index (κ3) is 3.91. The molecular formula is C16H14BrN3O8. The Labute approximate surface area is 165 Å². The predicted octanol–water partition coefficient (Wildman–Crippen LogP) is 0.656. The van der Waals surface area contributed by atoms with Crippen molar-refractivity contribution in [3.63, 3.8) is 0 Å². The summed E-state index contributed by atoms with van der Waals surface area (Å²) in [4.78, 5) is 48.4. The van der Waals surface area contributed by atoms with Gasteiger partial charge in [0.15, 0.2) is 18.1 Å². The van der Waals surface area contributed by atoms with Crippen LogP contribution in [0, 0.1) is 0 Å². The number of hydrogen-bond donors (Lipinski definition) is 5. The summed E-state index contributed by atoms with van der Waals surface area (Å²) in [6.45, 7) is -0.457. The van der Waals surface area contributed by atoms with E-state index >= 15 is 0 Å². The van der Waals surface area contributed by atoms with Crippen molar-refractivity contribution >= 4 is 39.6 Å². The SMILES string of the molecule is COc1cc(-c2c(C(=O)O)c(N)[nH]c(=O)c2C(=O)O)c(Br)cc1OCC(N)=O. The maximum absolute atomic E-state index is 12.1. The number of carboxylic acid groups (broad SMARTS) is 2. The number of nitrogens with two attached hydrogens (primary N) is 2. The number of halogens is 1. The van der Waals surface area contributed by atoms with E-state index in [4.69, 9.17) is 20.9 Å². The zero-order valence-electron chi connectivity index (χ0n) is 14.2. The molecule has 0 spiro atoms. The number of amides is 1. The van der Waals surface area contributed by atoms with E-state index in [-0.39, 0.29) is 21.5 Å². The largest absolute Gasteiger partial charge is 0.493 e. The molecule has 28 heavy (non-hydrogen) atoms. The van der Waals surface area contributed by atoms with E-state index in [0.29, 0.717) is 0 Å². The molecule has 2 aromatic rings. The third-order valence-electron chi connectivity index (χ3n) is 3.56. The van der Waals surface area contributed by atoms with Crippen LogP contribution in [0.1, 0.15) is 20.7 Å². The van der Waals surface area contributed by atoms with Gasteiger partial charge in [-0.3, -0.25) is 9.59 Å². The van der Waals surface area contributed by atoms with Crippen molar-refractivity contribution in [3.05, 3.63) is 38.1 Å². The summed E-state index contributed by atoms with van der Waals surface area (Å²) < 4.78 is 10.5. The molecule has 1 aromatic carbocycles.